The second-order valence-corrected chi connectivity index (χ2v) is 4.51. The van der Waals surface area contributed by atoms with Crippen molar-refractivity contribution >= 4 is 18.9 Å². The molecule has 94 valence electrons. The Balaban J connectivity index is 1.98. The molecule has 4 heteroatoms. The Morgan fingerprint density at radius 2 is 2.16 bits per heavy atom. The van der Waals surface area contributed by atoms with E-state index in [0.717, 1.165) is 22.3 Å². The lowest BCUT2D eigenvalue weighted by Crippen LogP contribution is -2.18. The van der Waals surface area contributed by atoms with Crippen molar-refractivity contribution in [3.05, 3.63) is 59.7 Å². The summed E-state index contributed by atoms with van der Waals surface area (Å²) in [6.45, 7) is 0.286. The molecule has 3 nitrogen and oxygen atoms in total. The van der Waals surface area contributed by atoms with Gasteiger partial charge in [-0.15, -0.1) is 0 Å². The first-order valence-corrected chi connectivity index (χ1v) is 6.34. The molecule has 1 amide bonds. The highest BCUT2D eigenvalue weighted by Gasteiger charge is 2.29. The van der Waals surface area contributed by atoms with E-state index in [0.29, 0.717) is 0 Å². The van der Waals surface area contributed by atoms with Crippen molar-refractivity contribution in [2.75, 3.05) is 6.61 Å². The first kappa shape index (κ1) is 11.9. The SMILES string of the molecule is O=C(NS)OCC1c2ccc#cc2-c2ccccc21. The maximum absolute atomic E-state index is 11.2. The summed E-state index contributed by atoms with van der Waals surface area (Å²) in [5.74, 6) is 0.0442. The van der Waals surface area contributed by atoms with Gasteiger partial charge in [-0.25, -0.2) is 4.79 Å². The zero-order chi connectivity index (χ0) is 13.2. The van der Waals surface area contributed by atoms with E-state index in [-0.39, 0.29) is 12.5 Å². The lowest BCUT2D eigenvalue weighted by Gasteiger charge is -2.13. The molecule has 3 rings (SSSR count). The molecule has 19 heavy (non-hydrogen) atoms. The van der Waals surface area contributed by atoms with Crippen LogP contribution in [-0.4, -0.2) is 12.7 Å². The summed E-state index contributed by atoms with van der Waals surface area (Å²) < 4.78 is 7.29. The standard InChI is InChI=1S/C15H11NO2S/c17-15(16-19)18-9-14-12-7-3-1-5-10(12)11-6-2-4-8-13(11)14/h1,3-5,7-8,14,19H,9H2,(H,16,17). The van der Waals surface area contributed by atoms with Crippen molar-refractivity contribution in [3.63, 3.8) is 0 Å². The monoisotopic (exact) mass is 269 g/mol. The van der Waals surface area contributed by atoms with Crippen molar-refractivity contribution in [2.24, 2.45) is 0 Å². The maximum Gasteiger partial charge on any atom is 0.417 e. The molecule has 0 spiro atoms. The summed E-state index contributed by atoms with van der Waals surface area (Å²) in [7, 11) is 0. The van der Waals surface area contributed by atoms with E-state index >= 15 is 0 Å². The zero-order valence-corrected chi connectivity index (χ0v) is 10.9. The summed E-state index contributed by atoms with van der Waals surface area (Å²) in [6.07, 6.45) is -0.541. The third kappa shape index (κ3) is 2.02. The summed E-state index contributed by atoms with van der Waals surface area (Å²) in [6, 6.07) is 18.0. The second-order valence-electron chi connectivity index (χ2n) is 4.28. The van der Waals surface area contributed by atoms with E-state index in [2.05, 4.69) is 41.8 Å². The van der Waals surface area contributed by atoms with Crippen LogP contribution in [0.2, 0.25) is 0 Å². The molecule has 0 aliphatic heterocycles. The van der Waals surface area contributed by atoms with E-state index in [1.807, 2.05) is 24.3 Å². The number of hydrogen-bond acceptors (Lipinski definition) is 3. The van der Waals surface area contributed by atoms with Gasteiger partial charge < -0.3 is 4.74 Å². The maximum atomic E-state index is 11.2. The van der Waals surface area contributed by atoms with Gasteiger partial charge in [-0.2, -0.15) is 0 Å². The molecule has 0 saturated heterocycles. The van der Waals surface area contributed by atoms with Crippen LogP contribution in [0.1, 0.15) is 17.0 Å². The molecule has 2 aromatic carbocycles. The molecule has 0 bridgehead atoms. The number of thiol groups is 1. The van der Waals surface area contributed by atoms with Gasteiger partial charge in [0.1, 0.15) is 6.61 Å². The summed E-state index contributed by atoms with van der Waals surface area (Å²) in [5.41, 5.74) is 4.44. The fourth-order valence-electron chi connectivity index (χ4n) is 2.48. The number of nitrogens with one attached hydrogen (secondary N) is 1. The molecule has 1 N–H and O–H groups in total. The molecule has 0 heterocycles. The molecular formula is C15H11NO2S. The van der Waals surface area contributed by atoms with E-state index in [4.69, 9.17) is 4.74 Å². The minimum absolute atomic E-state index is 0.0442. The highest BCUT2D eigenvalue weighted by molar-refractivity contribution is 7.78. The zero-order valence-electron chi connectivity index (χ0n) is 10.0. The Morgan fingerprint density at radius 3 is 3.00 bits per heavy atom. The number of carbonyl (C=O) groups is 1. The van der Waals surface area contributed by atoms with Gasteiger partial charge in [0.25, 0.3) is 0 Å². The number of carbonyl (C=O) groups excluding carboxylic acids is 1. The molecule has 0 radical (unpaired) electrons. The summed E-state index contributed by atoms with van der Waals surface area (Å²) in [4.78, 5) is 11.2. The van der Waals surface area contributed by atoms with E-state index in [1.165, 1.54) is 0 Å². The number of fused-ring (bicyclic) bond motifs is 3. The summed E-state index contributed by atoms with van der Waals surface area (Å²) in [5, 5.41) is 0. The van der Waals surface area contributed by atoms with Gasteiger partial charge in [0, 0.05) is 11.5 Å². The minimum Gasteiger partial charge on any atom is -0.448 e. The average molecular weight is 269 g/mol. The minimum atomic E-state index is -0.541. The second kappa shape index (κ2) is 4.87. The third-order valence-corrected chi connectivity index (χ3v) is 3.47. The van der Waals surface area contributed by atoms with Gasteiger partial charge in [-0.1, -0.05) is 49.2 Å². The van der Waals surface area contributed by atoms with Crippen LogP contribution in [0.15, 0.2) is 36.4 Å². The molecule has 1 unspecified atom stereocenters. The Morgan fingerprint density at radius 1 is 1.32 bits per heavy atom. The number of hydrogen-bond donors (Lipinski definition) is 2. The molecule has 0 saturated carbocycles. The Kier molecular flexibility index (Phi) is 3.06. The first-order valence-electron chi connectivity index (χ1n) is 5.89. The van der Waals surface area contributed by atoms with Gasteiger partial charge in [-0.05, 0) is 28.8 Å². The van der Waals surface area contributed by atoms with Gasteiger partial charge in [0.05, 0.1) is 0 Å². The highest BCUT2D eigenvalue weighted by Crippen LogP contribution is 2.43. The number of amides is 1. The van der Waals surface area contributed by atoms with Crippen molar-refractivity contribution in [1.82, 2.24) is 4.72 Å². The predicted molar refractivity (Wildman–Crippen MR) is 74.9 cm³/mol. The Bertz CT molecular complexity index is 582. The van der Waals surface area contributed by atoms with E-state index < -0.39 is 6.09 Å². The van der Waals surface area contributed by atoms with Crippen LogP contribution in [0.5, 0.6) is 0 Å². The highest BCUT2D eigenvalue weighted by atomic mass is 32.1. The van der Waals surface area contributed by atoms with Crippen molar-refractivity contribution in [2.45, 2.75) is 5.92 Å². The van der Waals surface area contributed by atoms with Crippen LogP contribution in [0.25, 0.3) is 11.1 Å². The molecule has 0 aromatic heterocycles. The van der Waals surface area contributed by atoms with Crippen LogP contribution in [0, 0.1) is 12.1 Å². The van der Waals surface area contributed by atoms with Crippen LogP contribution in [0.3, 0.4) is 0 Å². The predicted octanol–water partition coefficient (Wildman–Crippen LogP) is 2.97. The molecular weight excluding hydrogens is 258 g/mol. The topological polar surface area (TPSA) is 38.3 Å². The normalized spacial score (nSPS) is 12.3. The Labute approximate surface area is 117 Å². The first-order chi connectivity index (χ1) is 9.31. The van der Waals surface area contributed by atoms with Crippen LogP contribution in [0.4, 0.5) is 4.79 Å². The van der Waals surface area contributed by atoms with Crippen molar-refractivity contribution in [3.8, 4) is 11.1 Å². The quantitative estimate of drug-likeness (QED) is 0.823. The lowest BCUT2D eigenvalue weighted by molar-refractivity contribution is 0.150. The Hall–Kier alpha value is -2.12. The van der Waals surface area contributed by atoms with Crippen molar-refractivity contribution < 1.29 is 9.53 Å². The van der Waals surface area contributed by atoms with E-state index in [9.17, 15) is 4.79 Å². The fourth-order valence-corrected chi connectivity index (χ4v) is 2.55. The number of rotatable bonds is 2. The van der Waals surface area contributed by atoms with Crippen LogP contribution in [-0.2, 0) is 4.74 Å². The number of benzene rings is 1. The van der Waals surface area contributed by atoms with Gasteiger partial charge in [-0.3, -0.25) is 4.72 Å². The van der Waals surface area contributed by atoms with Crippen LogP contribution < -0.4 is 4.72 Å². The molecule has 1 aliphatic rings. The third-order valence-electron chi connectivity index (χ3n) is 3.29. The van der Waals surface area contributed by atoms with Gasteiger partial charge in [0.15, 0.2) is 0 Å². The van der Waals surface area contributed by atoms with Gasteiger partial charge in [0.2, 0.25) is 0 Å². The van der Waals surface area contributed by atoms with Crippen molar-refractivity contribution in [1.29, 1.82) is 0 Å². The fraction of sp³-hybridized carbons (Fsp3) is 0.133. The average Bonchev–Trinajstić information content (AvgIpc) is 2.79. The molecule has 1 atom stereocenters. The van der Waals surface area contributed by atoms with Crippen LogP contribution >= 0.6 is 12.8 Å². The smallest absolute Gasteiger partial charge is 0.417 e. The van der Waals surface area contributed by atoms with Gasteiger partial charge >= 0.3 is 6.09 Å². The largest absolute Gasteiger partial charge is 0.448 e. The number of ether oxygens (including phenoxy) is 1. The van der Waals surface area contributed by atoms with E-state index in [1.54, 1.807) is 0 Å². The summed E-state index contributed by atoms with van der Waals surface area (Å²) >= 11 is 3.67. The lowest BCUT2D eigenvalue weighted by atomic mass is 9.98. The molecule has 2 aromatic rings. The molecule has 1 aliphatic carbocycles. The molecule has 0 fully saturated rings.